The van der Waals surface area contributed by atoms with Crippen molar-refractivity contribution in [2.45, 2.75) is 18.7 Å². The Bertz CT molecular complexity index is 554. The molecule has 0 amide bonds. The van der Waals surface area contributed by atoms with Crippen LogP contribution in [0.15, 0.2) is 40.9 Å². The van der Waals surface area contributed by atoms with Gasteiger partial charge in [-0.25, -0.2) is 0 Å². The van der Waals surface area contributed by atoms with Gasteiger partial charge in [-0.3, -0.25) is 10.1 Å². The fourth-order valence-electron chi connectivity index (χ4n) is 1.82. The molecule has 1 aromatic carbocycles. The number of nitrogens with zero attached hydrogens (tertiary/aromatic N) is 1. The number of thioether (sulfide) groups is 1. The van der Waals surface area contributed by atoms with E-state index in [1.807, 2.05) is 36.6 Å². The van der Waals surface area contributed by atoms with Crippen molar-refractivity contribution in [3.05, 3.63) is 42.1 Å². The van der Waals surface area contributed by atoms with Crippen LogP contribution in [0.2, 0.25) is 0 Å². The normalized spacial score (nSPS) is 12.3. The predicted molar refractivity (Wildman–Crippen MR) is 81.9 cm³/mol. The molecule has 1 aromatic heterocycles. The zero-order valence-electron chi connectivity index (χ0n) is 11.6. The zero-order valence-corrected chi connectivity index (χ0v) is 12.4. The SMILES string of the molecule is CCCNC(SC)C(=O)c1cc(-c2ccccc2)on1. The van der Waals surface area contributed by atoms with Crippen molar-refractivity contribution >= 4 is 17.5 Å². The third-order valence-electron chi connectivity index (χ3n) is 2.87. The smallest absolute Gasteiger partial charge is 0.211 e. The standard InChI is InChI=1S/C15H18N2O2S/c1-3-9-16-15(20-2)14(18)12-10-13(19-17-12)11-7-5-4-6-8-11/h4-8,10,15-16H,3,9H2,1-2H3. The number of carbonyl (C=O) groups excluding carboxylic acids is 1. The van der Waals surface area contributed by atoms with Crippen LogP contribution < -0.4 is 5.32 Å². The number of rotatable bonds is 7. The molecule has 0 spiro atoms. The monoisotopic (exact) mass is 290 g/mol. The second-order valence-corrected chi connectivity index (χ2v) is 5.32. The van der Waals surface area contributed by atoms with Crippen molar-refractivity contribution in [1.29, 1.82) is 0 Å². The molecule has 1 heterocycles. The van der Waals surface area contributed by atoms with Gasteiger partial charge in [0.15, 0.2) is 11.5 Å². The van der Waals surface area contributed by atoms with Gasteiger partial charge in [-0.2, -0.15) is 0 Å². The van der Waals surface area contributed by atoms with Crippen LogP contribution in [-0.2, 0) is 0 Å². The summed E-state index contributed by atoms with van der Waals surface area (Å²) in [6.07, 6.45) is 2.89. The maximum Gasteiger partial charge on any atom is 0.211 e. The van der Waals surface area contributed by atoms with Crippen LogP contribution in [0.25, 0.3) is 11.3 Å². The number of benzene rings is 1. The molecule has 0 fully saturated rings. The molecule has 0 aliphatic carbocycles. The first-order chi connectivity index (χ1) is 9.76. The second kappa shape index (κ2) is 7.26. The fourth-order valence-corrected chi connectivity index (χ4v) is 2.44. The van der Waals surface area contributed by atoms with Gasteiger partial charge in [0.2, 0.25) is 5.78 Å². The molecule has 0 saturated carbocycles. The first-order valence-electron chi connectivity index (χ1n) is 6.58. The van der Waals surface area contributed by atoms with Gasteiger partial charge in [0.05, 0.1) is 0 Å². The van der Waals surface area contributed by atoms with Gasteiger partial charge in [-0.15, -0.1) is 11.8 Å². The van der Waals surface area contributed by atoms with Crippen LogP contribution in [0.1, 0.15) is 23.8 Å². The van der Waals surface area contributed by atoms with Crippen LogP contribution in [0.4, 0.5) is 0 Å². The number of nitrogens with one attached hydrogen (secondary N) is 1. The van der Waals surface area contributed by atoms with E-state index in [1.54, 1.807) is 6.07 Å². The number of hydrogen-bond donors (Lipinski definition) is 1. The van der Waals surface area contributed by atoms with E-state index in [2.05, 4.69) is 17.4 Å². The number of ketones is 1. The number of hydrogen-bond acceptors (Lipinski definition) is 5. The Kier molecular flexibility index (Phi) is 5.38. The summed E-state index contributed by atoms with van der Waals surface area (Å²) in [5.74, 6) is 0.571. The third kappa shape index (κ3) is 3.49. The van der Waals surface area contributed by atoms with E-state index in [-0.39, 0.29) is 11.2 Å². The van der Waals surface area contributed by atoms with Gasteiger partial charge in [-0.05, 0) is 19.2 Å². The molecule has 2 rings (SSSR count). The van der Waals surface area contributed by atoms with Gasteiger partial charge in [0.1, 0.15) is 5.37 Å². The van der Waals surface area contributed by atoms with Crippen LogP contribution in [-0.4, -0.2) is 29.1 Å². The average Bonchev–Trinajstić information content (AvgIpc) is 2.98. The Morgan fingerprint density at radius 1 is 1.40 bits per heavy atom. The van der Waals surface area contributed by atoms with Gasteiger partial charge in [-0.1, -0.05) is 42.4 Å². The summed E-state index contributed by atoms with van der Waals surface area (Å²) in [6, 6.07) is 11.3. The highest BCUT2D eigenvalue weighted by atomic mass is 32.2. The van der Waals surface area contributed by atoms with Gasteiger partial charge in [0.25, 0.3) is 0 Å². The summed E-state index contributed by atoms with van der Waals surface area (Å²) in [5, 5.41) is 6.82. The largest absolute Gasteiger partial charge is 0.356 e. The molecule has 0 saturated heterocycles. The molecule has 0 aliphatic heterocycles. The Morgan fingerprint density at radius 3 is 2.80 bits per heavy atom. The first kappa shape index (κ1) is 14.8. The highest BCUT2D eigenvalue weighted by Crippen LogP contribution is 2.21. The van der Waals surface area contributed by atoms with E-state index in [0.717, 1.165) is 18.5 Å². The molecular formula is C15H18N2O2S. The highest BCUT2D eigenvalue weighted by molar-refractivity contribution is 7.99. The quantitative estimate of drug-likeness (QED) is 0.627. The van der Waals surface area contributed by atoms with Crippen LogP contribution in [0.3, 0.4) is 0 Å². The Balaban J connectivity index is 2.13. The molecule has 2 aromatic rings. The topological polar surface area (TPSA) is 55.1 Å². The number of aromatic nitrogens is 1. The minimum Gasteiger partial charge on any atom is -0.356 e. The van der Waals surface area contributed by atoms with Gasteiger partial charge >= 0.3 is 0 Å². The summed E-state index contributed by atoms with van der Waals surface area (Å²) in [5.41, 5.74) is 1.29. The predicted octanol–water partition coefficient (Wildman–Crippen LogP) is 3.21. The van der Waals surface area contributed by atoms with Crippen LogP contribution >= 0.6 is 11.8 Å². The van der Waals surface area contributed by atoms with Crippen LogP contribution in [0.5, 0.6) is 0 Å². The summed E-state index contributed by atoms with van der Waals surface area (Å²) >= 11 is 1.48. The Morgan fingerprint density at radius 2 is 2.15 bits per heavy atom. The molecule has 0 radical (unpaired) electrons. The maximum atomic E-state index is 12.3. The Hall–Kier alpha value is -1.59. The summed E-state index contributed by atoms with van der Waals surface area (Å²) < 4.78 is 5.26. The van der Waals surface area contributed by atoms with Gasteiger partial charge in [0, 0.05) is 11.6 Å². The lowest BCUT2D eigenvalue weighted by Crippen LogP contribution is -2.34. The van der Waals surface area contributed by atoms with E-state index in [0.29, 0.717) is 11.5 Å². The molecule has 1 atom stereocenters. The second-order valence-electron chi connectivity index (χ2n) is 4.38. The van der Waals surface area contributed by atoms with Crippen molar-refractivity contribution in [2.75, 3.05) is 12.8 Å². The first-order valence-corrected chi connectivity index (χ1v) is 7.87. The molecule has 106 valence electrons. The minimum absolute atomic E-state index is 0.0446. The lowest BCUT2D eigenvalue weighted by molar-refractivity contribution is 0.0970. The molecule has 20 heavy (non-hydrogen) atoms. The Labute approximate surface area is 122 Å². The van der Waals surface area contributed by atoms with Crippen molar-refractivity contribution < 1.29 is 9.32 Å². The van der Waals surface area contributed by atoms with E-state index >= 15 is 0 Å². The lowest BCUT2D eigenvalue weighted by Gasteiger charge is -2.12. The van der Waals surface area contributed by atoms with E-state index in [4.69, 9.17) is 4.52 Å². The van der Waals surface area contributed by atoms with Crippen molar-refractivity contribution in [2.24, 2.45) is 0 Å². The van der Waals surface area contributed by atoms with Crippen molar-refractivity contribution in [1.82, 2.24) is 10.5 Å². The van der Waals surface area contributed by atoms with Crippen LogP contribution in [0, 0.1) is 0 Å². The molecule has 0 aliphatic rings. The summed E-state index contributed by atoms with van der Waals surface area (Å²) in [7, 11) is 0. The molecule has 5 heteroatoms. The zero-order chi connectivity index (χ0) is 14.4. The molecule has 4 nitrogen and oxygen atoms in total. The maximum absolute atomic E-state index is 12.3. The molecule has 1 unspecified atom stereocenters. The van der Waals surface area contributed by atoms with E-state index < -0.39 is 0 Å². The molecular weight excluding hydrogens is 272 g/mol. The fraction of sp³-hybridized carbons (Fsp3) is 0.333. The molecule has 1 N–H and O–H groups in total. The third-order valence-corrected chi connectivity index (χ3v) is 3.73. The van der Waals surface area contributed by atoms with Crippen molar-refractivity contribution in [3.63, 3.8) is 0 Å². The van der Waals surface area contributed by atoms with Crippen molar-refractivity contribution in [3.8, 4) is 11.3 Å². The highest BCUT2D eigenvalue weighted by Gasteiger charge is 2.22. The molecule has 0 bridgehead atoms. The minimum atomic E-state index is -0.274. The lowest BCUT2D eigenvalue weighted by atomic mass is 10.1. The number of Topliss-reactive ketones (excluding diaryl/α,β-unsaturated/α-hetero) is 1. The summed E-state index contributed by atoms with van der Waals surface area (Å²) in [6.45, 7) is 2.87. The van der Waals surface area contributed by atoms with E-state index in [9.17, 15) is 4.79 Å². The van der Waals surface area contributed by atoms with E-state index in [1.165, 1.54) is 11.8 Å². The average molecular weight is 290 g/mol. The summed E-state index contributed by atoms with van der Waals surface area (Å²) in [4.78, 5) is 12.3. The number of carbonyl (C=O) groups is 1. The van der Waals surface area contributed by atoms with Gasteiger partial charge < -0.3 is 4.52 Å².